The number of nitrogens with one attached hydrogen (secondary N) is 1. The lowest BCUT2D eigenvalue weighted by molar-refractivity contribution is -0.146. The van der Waals surface area contributed by atoms with Crippen molar-refractivity contribution in [2.24, 2.45) is 23.7 Å². The lowest BCUT2D eigenvalue weighted by atomic mass is 9.82. The highest BCUT2D eigenvalue weighted by Crippen LogP contribution is 2.48. The molecule has 0 aliphatic heterocycles. The Morgan fingerprint density at radius 3 is 2.54 bits per heavy atom. The van der Waals surface area contributed by atoms with Crippen molar-refractivity contribution in [1.29, 1.82) is 0 Å². The Labute approximate surface area is 143 Å². The van der Waals surface area contributed by atoms with Crippen LogP contribution in [0.15, 0.2) is 24.3 Å². The Morgan fingerprint density at radius 2 is 1.83 bits per heavy atom. The molecule has 2 N–H and O–H groups in total. The van der Waals surface area contributed by atoms with Gasteiger partial charge in [0.2, 0.25) is 5.91 Å². The summed E-state index contributed by atoms with van der Waals surface area (Å²) in [5, 5.41) is 12.9. The molecule has 1 heterocycles. The van der Waals surface area contributed by atoms with E-state index in [1.165, 1.54) is 16.9 Å². The summed E-state index contributed by atoms with van der Waals surface area (Å²) in [6, 6.07) is 4.08. The van der Waals surface area contributed by atoms with E-state index in [9.17, 15) is 14.7 Å². The summed E-state index contributed by atoms with van der Waals surface area (Å²) < 4.78 is 1.02. The zero-order chi connectivity index (χ0) is 17.0. The Bertz CT molecular complexity index is 847. The van der Waals surface area contributed by atoms with Gasteiger partial charge >= 0.3 is 5.97 Å². The molecule has 2 aliphatic rings. The minimum Gasteiger partial charge on any atom is -0.481 e. The molecular formula is C18H18N2O3S. The summed E-state index contributed by atoms with van der Waals surface area (Å²) in [4.78, 5) is 28.7. The van der Waals surface area contributed by atoms with Gasteiger partial charge in [0.1, 0.15) is 0 Å². The van der Waals surface area contributed by atoms with E-state index in [4.69, 9.17) is 0 Å². The van der Waals surface area contributed by atoms with E-state index in [0.29, 0.717) is 5.13 Å². The number of hydrogen-bond acceptors (Lipinski definition) is 4. The highest BCUT2D eigenvalue weighted by Gasteiger charge is 2.51. The van der Waals surface area contributed by atoms with Crippen molar-refractivity contribution < 1.29 is 14.7 Å². The first kappa shape index (κ1) is 15.3. The molecule has 2 aliphatic carbocycles. The Balaban J connectivity index is 1.60. The Morgan fingerprint density at radius 1 is 1.17 bits per heavy atom. The quantitative estimate of drug-likeness (QED) is 0.838. The van der Waals surface area contributed by atoms with E-state index in [-0.39, 0.29) is 17.7 Å². The molecule has 4 atom stereocenters. The second-order valence-corrected chi connectivity index (χ2v) is 7.78. The SMILES string of the molecule is Cc1cc2nc(NC(=O)[C@@H]3[C@H](C(=O)O)[C@H]4C=C[C@H]3C4)sc2cc1C. The molecule has 1 saturated carbocycles. The predicted molar refractivity (Wildman–Crippen MR) is 93.1 cm³/mol. The van der Waals surface area contributed by atoms with Gasteiger partial charge in [0.25, 0.3) is 0 Å². The molecule has 0 spiro atoms. The van der Waals surface area contributed by atoms with Gasteiger partial charge in [-0.05, 0) is 55.4 Å². The van der Waals surface area contributed by atoms with E-state index >= 15 is 0 Å². The minimum atomic E-state index is -0.887. The number of benzene rings is 1. The maximum Gasteiger partial charge on any atom is 0.307 e. The Kier molecular flexibility index (Phi) is 3.46. The smallest absolute Gasteiger partial charge is 0.307 e. The molecule has 5 nitrogen and oxygen atoms in total. The van der Waals surface area contributed by atoms with Crippen LogP contribution in [-0.4, -0.2) is 22.0 Å². The molecule has 6 heteroatoms. The molecule has 124 valence electrons. The van der Waals surface area contributed by atoms with Crippen molar-refractivity contribution in [2.75, 3.05) is 5.32 Å². The maximum absolute atomic E-state index is 12.7. The highest BCUT2D eigenvalue weighted by molar-refractivity contribution is 7.22. The molecule has 1 aromatic carbocycles. The third-order valence-corrected chi connectivity index (χ3v) is 6.21. The van der Waals surface area contributed by atoms with Gasteiger partial charge in [-0.2, -0.15) is 0 Å². The van der Waals surface area contributed by atoms with Crippen LogP contribution in [0, 0.1) is 37.5 Å². The van der Waals surface area contributed by atoms with Gasteiger partial charge in [-0.3, -0.25) is 9.59 Å². The second kappa shape index (κ2) is 5.41. The summed E-state index contributed by atoms with van der Waals surface area (Å²) in [6.45, 7) is 4.08. The third-order valence-electron chi connectivity index (χ3n) is 5.28. The van der Waals surface area contributed by atoms with Crippen molar-refractivity contribution in [3.63, 3.8) is 0 Å². The number of aryl methyl sites for hydroxylation is 2. The van der Waals surface area contributed by atoms with Crippen molar-refractivity contribution in [2.45, 2.75) is 20.3 Å². The number of carbonyl (C=O) groups excluding carboxylic acids is 1. The van der Waals surface area contributed by atoms with Gasteiger partial charge < -0.3 is 10.4 Å². The topological polar surface area (TPSA) is 79.3 Å². The van der Waals surface area contributed by atoms with Crippen molar-refractivity contribution in [3.8, 4) is 0 Å². The molecule has 24 heavy (non-hydrogen) atoms. The average molecular weight is 342 g/mol. The molecule has 2 bridgehead atoms. The molecule has 2 aromatic rings. The van der Waals surface area contributed by atoms with Gasteiger partial charge in [-0.25, -0.2) is 4.98 Å². The number of nitrogens with zero attached hydrogens (tertiary/aromatic N) is 1. The van der Waals surface area contributed by atoms with Gasteiger partial charge in [-0.15, -0.1) is 0 Å². The number of rotatable bonds is 3. The van der Waals surface area contributed by atoms with Crippen molar-refractivity contribution >= 4 is 38.6 Å². The van der Waals surface area contributed by atoms with Crippen molar-refractivity contribution in [1.82, 2.24) is 4.98 Å². The molecule has 0 radical (unpaired) electrons. The number of amides is 1. The molecular weight excluding hydrogens is 324 g/mol. The van der Waals surface area contributed by atoms with Gasteiger partial charge in [0.05, 0.1) is 22.1 Å². The lowest BCUT2D eigenvalue weighted by Gasteiger charge is -2.23. The van der Waals surface area contributed by atoms with E-state index in [1.807, 2.05) is 32.1 Å². The number of carbonyl (C=O) groups is 2. The third kappa shape index (κ3) is 2.33. The fourth-order valence-corrected chi connectivity index (χ4v) is 4.89. The monoisotopic (exact) mass is 342 g/mol. The van der Waals surface area contributed by atoms with Crippen molar-refractivity contribution in [3.05, 3.63) is 35.4 Å². The first-order valence-electron chi connectivity index (χ1n) is 8.04. The largest absolute Gasteiger partial charge is 0.481 e. The fourth-order valence-electron chi connectivity index (χ4n) is 3.94. The van der Waals surface area contributed by atoms with E-state index in [1.54, 1.807) is 0 Å². The second-order valence-electron chi connectivity index (χ2n) is 6.75. The summed E-state index contributed by atoms with van der Waals surface area (Å²) in [5.74, 6) is -2.25. The number of carboxylic acid groups (broad SMARTS) is 1. The molecule has 0 unspecified atom stereocenters. The first-order chi connectivity index (χ1) is 11.4. The molecule has 4 rings (SSSR count). The van der Waals surface area contributed by atoms with E-state index < -0.39 is 17.8 Å². The average Bonchev–Trinajstić information content (AvgIpc) is 3.20. The van der Waals surface area contributed by atoms with Crippen LogP contribution in [0.4, 0.5) is 5.13 Å². The van der Waals surface area contributed by atoms with Gasteiger partial charge in [-0.1, -0.05) is 23.5 Å². The number of thiazole rings is 1. The fraction of sp³-hybridized carbons (Fsp3) is 0.389. The van der Waals surface area contributed by atoms with Crippen LogP contribution in [0.25, 0.3) is 10.2 Å². The summed E-state index contributed by atoms with van der Waals surface area (Å²) in [6.07, 6.45) is 4.68. The summed E-state index contributed by atoms with van der Waals surface area (Å²) >= 11 is 1.43. The zero-order valence-electron chi connectivity index (χ0n) is 13.4. The summed E-state index contributed by atoms with van der Waals surface area (Å²) in [7, 11) is 0. The number of aromatic nitrogens is 1. The van der Waals surface area contributed by atoms with Gasteiger partial charge in [0.15, 0.2) is 5.13 Å². The zero-order valence-corrected chi connectivity index (χ0v) is 14.3. The van der Waals surface area contributed by atoms with Crippen LogP contribution in [-0.2, 0) is 9.59 Å². The van der Waals surface area contributed by atoms with E-state index in [0.717, 1.165) is 22.2 Å². The Hall–Kier alpha value is -2.21. The van der Waals surface area contributed by atoms with Crippen LogP contribution in [0.5, 0.6) is 0 Å². The standard InChI is InChI=1S/C18H18N2O3S/c1-8-5-12-13(6-9(8)2)24-18(19-12)20-16(21)14-10-3-4-11(7-10)15(14)17(22)23/h3-6,10-11,14-15H,7H2,1-2H3,(H,22,23)(H,19,20,21)/t10-,11-,14-,15+/m0/s1. The van der Waals surface area contributed by atoms with Crippen LogP contribution in [0.3, 0.4) is 0 Å². The summed E-state index contributed by atoms with van der Waals surface area (Å²) in [5.41, 5.74) is 3.21. The normalized spacial score (nSPS) is 27.8. The van der Waals surface area contributed by atoms with E-state index in [2.05, 4.69) is 16.4 Å². The number of hydrogen-bond donors (Lipinski definition) is 2. The maximum atomic E-state index is 12.7. The number of anilines is 1. The van der Waals surface area contributed by atoms with Crippen LogP contribution >= 0.6 is 11.3 Å². The number of fused-ring (bicyclic) bond motifs is 3. The van der Waals surface area contributed by atoms with Crippen LogP contribution < -0.4 is 5.32 Å². The number of aliphatic carboxylic acids is 1. The van der Waals surface area contributed by atoms with Crippen LogP contribution in [0.2, 0.25) is 0 Å². The highest BCUT2D eigenvalue weighted by atomic mass is 32.1. The molecule has 1 aromatic heterocycles. The lowest BCUT2D eigenvalue weighted by Crippen LogP contribution is -2.36. The molecule has 0 saturated heterocycles. The molecule has 1 fully saturated rings. The molecule has 1 amide bonds. The predicted octanol–water partition coefficient (Wildman–Crippen LogP) is 3.37. The van der Waals surface area contributed by atoms with Gasteiger partial charge in [0, 0.05) is 0 Å². The number of allylic oxidation sites excluding steroid dienone is 2. The minimum absolute atomic E-state index is 0.0231. The number of carboxylic acids is 1. The first-order valence-corrected chi connectivity index (χ1v) is 8.85. The van der Waals surface area contributed by atoms with Crippen LogP contribution in [0.1, 0.15) is 17.5 Å².